The molecule has 6 nitrogen and oxygen atoms in total. The lowest BCUT2D eigenvalue weighted by molar-refractivity contribution is 0.0109. The van der Waals surface area contributed by atoms with E-state index in [-0.39, 0.29) is 24.7 Å². The van der Waals surface area contributed by atoms with Crippen LogP contribution in [-0.4, -0.2) is 50.2 Å². The first-order valence-corrected chi connectivity index (χ1v) is 7.48. The molecule has 0 aliphatic carbocycles. The number of nitrogens with zero attached hydrogens (tertiary/aromatic N) is 1. The maximum absolute atomic E-state index is 12.6. The van der Waals surface area contributed by atoms with E-state index in [1.165, 1.54) is 10.4 Å². The number of ether oxygens (including phenoxy) is 1. The maximum Gasteiger partial charge on any atom is 0.243 e. The molecule has 1 aromatic carbocycles. The van der Waals surface area contributed by atoms with Crippen LogP contribution in [0.15, 0.2) is 23.1 Å². The zero-order valence-electron chi connectivity index (χ0n) is 10.7. The molecule has 1 aliphatic heterocycles. The average molecular weight is 286 g/mol. The predicted molar refractivity (Wildman–Crippen MR) is 71.2 cm³/mol. The summed E-state index contributed by atoms with van der Waals surface area (Å²) in [6, 6.07) is 4.27. The lowest BCUT2D eigenvalue weighted by Gasteiger charge is -2.33. The van der Waals surface area contributed by atoms with Crippen LogP contribution in [0.1, 0.15) is 5.56 Å². The molecule has 3 N–H and O–H groups in total. The van der Waals surface area contributed by atoms with E-state index in [4.69, 9.17) is 10.5 Å². The highest BCUT2D eigenvalue weighted by Gasteiger charge is 2.34. The minimum Gasteiger partial charge on any atom is -0.398 e. The van der Waals surface area contributed by atoms with Crippen LogP contribution in [0.5, 0.6) is 0 Å². The van der Waals surface area contributed by atoms with E-state index in [9.17, 15) is 13.5 Å². The van der Waals surface area contributed by atoms with E-state index in [0.29, 0.717) is 17.9 Å². The van der Waals surface area contributed by atoms with E-state index in [1.807, 2.05) is 0 Å². The Hall–Kier alpha value is -1.15. The zero-order chi connectivity index (χ0) is 14.0. The van der Waals surface area contributed by atoms with Crippen LogP contribution >= 0.6 is 0 Å². The molecule has 1 saturated heterocycles. The largest absolute Gasteiger partial charge is 0.398 e. The molecule has 0 bridgehead atoms. The summed E-state index contributed by atoms with van der Waals surface area (Å²) >= 11 is 0. The van der Waals surface area contributed by atoms with Gasteiger partial charge in [0.15, 0.2) is 0 Å². The SMILES string of the molecule is Cc1c(N)cccc1S(=O)(=O)N1CCOCC1CO. The Bertz CT molecular complexity index is 559. The Morgan fingerprint density at radius 1 is 1.53 bits per heavy atom. The third-order valence-corrected chi connectivity index (χ3v) is 5.39. The van der Waals surface area contributed by atoms with Crippen molar-refractivity contribution in [3.63, 3.8) is 0 Å². The third-order valence-electron chi connectivity index (χ3n) is 3.30. The Morgan fingerprint density at radius 2 is 2.26 bits per heavy atom. The van der Waals surface area contributed by atoms with Crippen LogP contribution in [0, 0.1) is 6.92 Å². The second-order valence-electron chi connectivity index (χ2n) is 4.50. The van der Waals surface area contributed by atoms with Crippen molar-refractivity contribution in [1.29, 1.82) is 0 Å². The van der Waals surface area contributed by atoms with Crippen molar-refractivity contribution < 1.29 is 18.3 Å². The van der Waals surface area contributed by atoms with Crippen LogP contribution in [0.25, 0.3) is 0 Å². The van der Waals surface area contributed by atoms with Crippen molar-refractivity contribution in [1.82, 2.24) is 4.31 Å². The highest BCUT2D eigenvalue weighted by Crippen LogP contribution is 2.26. The minimum atomic E-state index is -3.66. The molecule has 1 fully saturated rings. The number of hydrogen-bond acceptors (Lipinski definition) is 5. The minimum absolute atomic E-state index is 0.188. The van der Waals surface area contributed by atoms with Gasteiger partial charge in [0, 0.05) is 12.2 Å². The number of sulfonamides is 1. The van der Waals surface area contributed by atoms with Gasteiger partial charge in [0.1, 0.15) is 0 Å². The van der Waals surface area contributed by atoms with Gasteiger partial charge in [-0.1, -0.05) is 6.07 Å². The number of rotatable bonds is 3. The van der Waals surface area contributed by atoms with Crippen LogP contribution in [0.4, 0.5) is 5.69 Å². The molecule has 1 atom stereocenters. The van der Waals surface area contributed by atoms with E-state index in [2.05, 4.69) is 0 Å². The van der Waals surface area contributed by atoms with Crippen molar-refractivity contribution in [3.05, 3.63) is 23.8 Å². The summed E-state index contributed by atoms with van der Waals surface area (Å²) in [5.41, 5.74) is 6.73. The van der Waals surface area contributed by atoms with Gasteiger partial charge in [0.05, 0.1) is 30.8 Å². The van der Waals surface area contributed by atoms with Crippen molar-refractivity contribution in [2.24, 2.45) is 0 Å². The molecule has 1 unspecified atom stereocenters. The smallest absolute Gasteiger partial charge is 0.243 e. The summed E-state index contributed by atoms with van der Waals surface area (Å²) in [5, 5.41) is 9.28. The van der Waals surface area contributed by atoms with Gasteiger partial charge in [0.25, 0.3) is 0 Å². The number of aliphatic hydroxyl groups is 1. The number of aliphatic hydroxyl groups excluding tert-OH is 1. The highest BCUT2D eigenvalue weighted by molar-refractivity contribution is 7.89. The summed E-state index contributed by atoms with van der Waals surface area (Å²) < 4.78 is 31.8. The lowest BCUT2D eigenvalue weighted by atomic mass is 10.2. The molecule has 0 radical (unpaired) electrons. The Kier molecular flexibility index (Phi) is 4.10. The molecular formula is C12H18N2O4S. The van der Waals surface area contributed by atoms with Gasteiger partial charge in [-0.2, -0.15) is 4.31 Å². The van der Waals surface area contributed by atoms with Gasteiger partial charge in [-0.05, 0) is 24.6 Å². The molecule has 0 spiro atoms. The maximum atomic E-state index is 12.6. The number of nitrogen functional groups attached to an aromatic ring is 1. The van der Waals surface area contributed by atoms with Crippen molar-refractivity contribution in [3.8, 4) is 0 Å². The molecule has 1 heterocycles. The second kappa shape index (κ2) is 5.46. The molecule has 7 heteroatoms. The Balaban J connectivity index is 2.44. The normalized spacial score (nSPS) is 21.5. The summed E-state index contributed by atoms with van der Waals surface area (Å²) in [6.07, 6.45) is 0. The van der Waals surface area contributed by atoms with Crippen LogP contribution < -0.4 is 5.73 Å². The third kappa shape index (κ3) is 2.59. The van der Waals surface area contributed by atoms with Gasteiger partial charge in [-0.25, -0.2) is 8.42 Å². The van der Waals surface area contributed by atoms with Crippen molar-refractivity contribution in [2.75, 3.05) is 32.1 Å². The predicted octanol–water partition coefficient (Wildman–Crippen LogP) is -0.0410. The Morgan fingerprint density at radius 3 is 2.95 bits per heavy atom. The fourth-order valence-corrected chi connectivity index (χ4v) is 3.98. The number of hydrogen-bond donors (Lipinski definition) is 2. The molecule has 0 amide bonds. The zero-order valence-corrected chi connectivity index (χ0v) is 11.6. The summed E-state index contributed by atoms with van der Waals surface area (Å²) in [7, 11) is -3.66. The number of benzene rings is 1. The summed E-state index contributed by atoms with van der Waals surface area (Å²) in [6.45, 7) is 2.19. The number of morpholine rings is 1. The molecule has 2 rings (SSSR count). The molecule has 1 aliphatic rings. The summed E-state index contributed by atoms with van der Waals surface area (Å²) in [5.74, 6) is 0. The van der Waals surface area contributed by atoms with Gasteiger partial charge in [0.2, 0.25) is 10.0 Å². The monoisotopic (exact) mass is 286 g/mol. The average Bonchev–Trinajstić information content (AvgIpc) is 2.41. The topological polar surface area (TPSA) is 92.9 Å². The molecule has 106 valence electrons. The number of anilines is 1. The summed E-state index contributed by atoms with van der Waals surface area (Å²) in [4.78, 5) is 0.188. The number of nitrogens with two attached hydrogens (primary N) is 1. The van der Waals surface area contributed by atoms with E-state index >= 15 is 0 Å². The van der Waals surface area contributed by atoms with Gasteiger partial charge in [-0.15, -0.1) is 0 Å². The first kappa shape index (κ1) is 14.3. The lowest BCUT2D eigenvalue weighted by Crippen LogP contribution is -2.50. The van der Waals surface area contributed by atoms with Gasteiger partial charge < -0.3 is 15.6 Å². The molecule has 0 aromatic heterocycles. The standard InChI is InChI=1S/C12H18N2O4S/c1-9-11(13)3-2-4-12(9)19(16,17)14-5-6-18-8-10(14)7-15/h2-4,10,15H,5-8,13H2,1H3. The van der Waals surface area contributed by atoms with E-state index in [0.717, 1.165) is 0 Å². The first-order chi connectivity index (χ1) is 8.98. The van der Waals surface area contributed by atoms with Crippen molar-refractivity contribution in [2.45, 2.75) is 17.9 Å². The van der Waals surface area contributed by atoms with Crippen LogP contribution in [0.3, 0.4) is 0 Å². The van der Waals surface area contributed by atoms with Crippen LogP contribution in [-0.2, 0) is 14.8 Å². The van der Waals surface area contributed by atoms with E-state index < -0.39 is 16.1 Å². The molecule has 1 aromatic rings. The van der Waals surface area contributed by atoms with E-state index in [1.54, 1.807) is 19.1 Å². The van der Waals surface area contributed by atoms with Gasteiger partial charge >= 0.3 is 0 Å². The fourth-order valence-electron chi connectivity index (χ4n) is 2.14. The van der Waals surface area contributed by atoms with Crippen LogP contribution in [0.2, 0.25) is 0 Å². The highest BCUT2D eigenvalue weighted by atomic mass is 32.2. The second-order valence-corrected chi connectivity index (χ2v) is 6.36. The Labute approximate surface area is 112 Å². The fraction of sp³-hybridized carbons (Fsp3) is 0.500. The molecule has 0 saturated carbocycles. The van der Waals surface area contributed by atoms with Gasteiger partial charge in [-0.3, -0.25) is 0 Å². The van der Waals surface area contributed by atoms with Crippen molar-refractivity contribution >= 4 is 15.7 Å². The quantitative estimate of drug-likeness (QED) is 0.761. The first-order valence-electron chi connectivity index (χ1n) is 6.04. The molecular weight excluding hydrogens is 268 g/mol. The molecule has 19 heavy (non-hydrogen) atoms.